The first-order chi connectivity index (χ1) is 10.5. The number of hydrogen-bond acceptors (Lipinski definition) is 3. The third-order valence-corrected chi connectivity index (χ3v) is 4.19. The van der Waals surface area contributed by atoms with Crippen molar-refractivity contribution in [1.29, 1.82) is 0 Å². The van der Waals surface area contributed by atoms with E-state index in [1.165, 1.54) is 0 Å². The van der Waals surface area contributed by atoms with Crippen molar-refractivity contribution in [2.24, 2.45) is 11.8 Å². The van der Waals surface area contributed by atoms with Crippen molar-refractivity contribution in [2.75, 3.05) is 5.32 Å². The van der Waals surface area contributed by atoms with E-state index in [-0.39, 0.29) is 29.7 Å². The van der Waals surface area contributed by atoms with E-state index in [0.29, 0.717) is 24.1 Å². The fraction of sp³-hybridized carbons (Fsp3) is 0.438. The molecule has 0 aromatic heterocycles. The lowest BCUT2D eigenvalue weighted by Gasteiger charge is -2.32. The second-order valence-corrected chi connectivity index (χ2v) is 6.02. The van der Waals surface area contributed by atoms with Crippen molar-refractivity contribution in [3.05, 3.63) is 29.8 Å². The lowest BCUT2D eigenvalue weighted by Crippen LogP contribution is -2.46. The number of carboxylic acids is 1. The molecule has 0 bridgehead atoms. The first kappa shape index (κ1) is 14.6. The maximum atomic E-state index is 12.0. The number of benzene rings is 1. The van der Waals surface area contributed by atoms with Gasteiger partial charge in [0.05, 0.1) is 5.92 Å². The number of carbonyl (C=O) groups is 3. The number of rotatable bonds is 5. The number of hydrogen-bond donors (Lipinski definition) is 3. The number of anilines is 1. The molecule has 0 spiro atoms. The molecule has 0 heterocycles. The molecule has 6 heteroatoms. The normalized spacial score (nSPS) is 23.3. The minimum absolute atomic E-state index is 0.0337. The third-order valence-electron chi connectivity index (χ3n) is 4.19. The SMILES string of the molecule is O=C(NC1CC(C(=O)O)C1)c1ccc(NC(=O)C2CC2)cc1. The highest BCUT2D eigenvalue weighted by molar-refractivity contribution is 5.97. The van der Waals surface area contributed by atoms with Gasteiger partial charge in [0.15, 0.2) is 0 Å². The van der Waals surface area contributed by atoms with E-state index in [1.54, 1.807) is 24.3 Å². The van der Waals surface area contributed by atoms with E-state index in [9.17, 15) is 14.4 Å². The van der Waals surface area contributed by atoms with Crippen molar-refractivity contribution in [3.63, 3.8) is 0 Å². The summed E-state index contributed by atoms with van der Waals surface area (Å²) in [6.07, 6.45) is 2.86. The van der Waals surface area contributed by atoms with Crippen molar-refractivity contribution in [2.45, 2.75) is 31.7 Å². The molecular weight excluding hydrogens is 284 g/mol. The van der Waals surface area contributed by atoms with Gasteiger partial charge in [0.2, 0.25) is 5.91 Å². The van der Waals surface area contributed by atoms with E-state index in [1.807, 2.05) is 0 Å². The largest absolute Gasteiger partial charge is 0.481 e. The van der Waals surface area contributed by atoms with Crippen LogP contribution in [0.3, 0.4) is 0 Å². The molecule has 0 radical (unpaired) electrons. The zero-order valence-electron chi connectivity index (χ0n) is 12.0. The molecule has 2 aliphatic rings. The maximum absolute atomic E-state index is 12.0. The van der Waals surface area contributed by atoms with Crippen LogP contribution in [-0.4, -0.2) is 28.9 Å². The summed E-state index contributed by atoms with van der Waals surface area (Å²) in [5.74, 6) is -1.18. The molecule has 6 nitrogen and oxygen atoms in total. The topological polar surface area (TPSA) is 95.5 Å². The summed E-state index contributed by atoms with van der Waals surface area (Å²) in [6.45, 7) is 0. The Morgan fingerprint density at radius 2 is 1.64 bits per heavy atom. The van der Waals surface area contributed by atoms with Crippen molar-refractivity contribution in [1.82, 2.24) is 5.32 Å². The standard InChI is InChI=1S/C16H18N2O4/c19-14(9-1-2-9)17-12-5-3-10(4-6-12)15(20)18-13-7-11(8-13)16(21)22/h3-6,9,11,13H,1-2,7-8H2,(H,17,19)(H,18,20)(H,21,22). The first-order valence-corrected chi connectivity index (χ1v) is 7.47. The van der Waals surface area contributed by atoms with Gasteiger partial charge in [-0.3, -0.25) is 14.4 Å². The van der Waals surface area contributed by atoms with Gasteiger partial charge in [0.25, 0.3) is 5.91 Å². The first-order valence-electron chi connectivity index (χ1n) is 7.47. The highest BCUT2D eigenvalue weighted by Crippen LogP contribution is 2.30. The Bertz CT molecular complexity index is 601. The van der Waals surface area contributed by atoms with Crippen molar-refractivity contribution < 1.29 is 19.5 Å². The highest BCUT2D eigenvalue weighted by atomic mass is 16.4. The fourth-order valence-corrected chi connectivity index (χ4v) is 2.50. The predicted molar refractivity (Wildman–Crippen MR) is 79.4 cm³/mol. The van der Waals surface area contributed by atoms with Crippen LogP contribution in [0.2, 0.25) is 0 Å². The summed E-state index contributed by atoms with van der Waals surface area (Å²) in [5, 5.41) is 14.4. The number of carbonyl (C=O) groups excluding carboxylic acids is 2. The molecule has 2 fully saturated rings. The molecule has 2 saturated carbocycles. The molecule has 22 heavy (non-hydrogen) atoms. The molecular formula is C16H18N2O4. The summed E-state index contributed by atoms with van der Waals surface area (Å²) in [6, 6.07) is 6.66. The Morgan fingerprint density at radius 3 is 2.18 bits per heavy atom. The Labute approximate surface area is 127 Å². The van der Waals surface area contributed by atoms with Gasteiger partial charge in [0.1, 0.15) is 0 Å². The van der Waals surface area contributed by atoms with Crippen LogP contribution in [0.25, 0.3) is 0 Å². The minimum atomic E-state index is -0.804. The smallest absolute Gasteiger partial charge is 0.306 e. The van der Waals surface area contributed by atoms with Gasteiger partial charge in [-0.15, -0.1) is 0 Å². The second kappa shape index (κ2) is 5.79. The third kappa shape index (κ3) is 3.27. The summed E-state index contributed by atoms with van der Waals surface area (Å²) in [4.78, 5) is 34.4. The van der Waals surface area contributed by atoms with Gasteiger partial charge in [-0.05, 0) is 49.9 Å². The molecule has 1 aromatic rings. The molecule has 2 amide bonds. The zero-order chi connectivity index (χ0) is 15.7. The van der Waals surface area contributed by atoms with Crippen LogP contribution in [0.5, 0.6) is 0 Å². The van der Waals surface area contributed by atoms with Gasteiger partial charge in [-0.2, -0.15) is 0 Å². The average Bonchev–Trinajstić information content (AvgIpc) is 3.27. The van der Waals surface area contributed by atoms with Crippen molar-refractivity contribution >= 4 is 23.5 Å². The van der Waals surface area contributed by atoms with Crippen molar-refractivity contribution in [3.8, 4) is 0 Å². The minimum Gasteiger partial charge on any atom is -0.481 e. The zero-order valence-corrected chi connectivity index (χ0v) is 12.0. The fourth-order valence-electron chi connectivity index (χ4n) is 2.50. The lowest BCUT2D eigenvalue weighted by molar-refractivity contribution is -0.145. The van der Waals surface area contributed by atoms with Gasteiger partial charge in [-0.25, -0.2) is 0 Å². The lowest BCUT2D eigenvalue weighted by atomic mass is 9.80. The molecule has 1 aromatic carbocycles. The monoisotopic (exact) mass is 302 g/mol. The molecule has 2 aliphatic carbocycles. The van der Waals surface area contributed by atoms with Crippen LogP contribution in [-0.2, 0) is 9.59 Å². The summed E-state index contributed by atoms with van der Waals surface area (Å²) < 4.78 is 0. The Balaban J connectivity index is 1.50. The number of nitrogens with one attached hydrogen (secondary N) is 2. The Kier molecular flexibility index (Phi) is 3.83. The predicted octanol–water partition coefficient (Wildman–Crippen LogP) is 1.63. The van der Waals surface area contributed by atoms with E-state index < -0.39 is 5.97 Å². The van der Waals surface area contributed by atoms with Gasteiger partial charge in [0, 0.05) is 23.2 Å². The van der Waals surface area contributed by atoms with E-state index >= 15 is 0 Å². The van der Waals surface area contributed by atoms with Crippen LogP contribution in [0, 0.1) is 11.8 Å². The summed E-state index contributed by atoms with van der Waals surface area (Å²) >= 11 is 0. The molecule has 0 atom stereocenters. The quantitative estimate of drug-likeness (QED) is 0.770. The van der Waals surface area contributed by atoms with E-state index in [4.69, 9.17) is 5.11 Å². The van der Waals surface area contributed by atoms with E-state index in [0.717, 1.165) is 12.8 Å². The highest BCUT2D eigenvalue weighted by Gasteiger charge is 2.35. The summed E-state index contributed by atoms with van der Waals surface area (Å²) in [5.41, 5.74) is 1.19. The molecule has 116 valence electrons. The van der Waals surface area contributed by atoms with Crippen LogP contribution in [0.15, 0.2) is 24.3 Å². The van der Waals surface area contributed by atoms with Crippen LogP contribution in [0.1, 0.15) is 36.0 Å². The van der Waals surface area contributed by atoms with Crippen LogP contribution >= 0.6 is 0 Å². The van der Waals surface area contributed by atoms with Gasteiger partial charge < -0.3 is 15.7 Å². The maximum Gasteiger partial charge on any atom is 0.306 e. The van der Waals surface area contributed by atoms with Crippen LogP contribution < -0.4 is 10.6 Å². The number of aliphatic carboxylic acids is 1. The van der Waals surface area contributed by atoms with Crippen LogP contribution in [0.4, 0.5) is 5.69 Å². The molecule has 0 unspecified atom stereocenters. The molecule has 0 saturated heterocycles. The van der Waals surface area contributed by atoms with Gasteiger partial charge >= 0.3 is 5.97 Å². The van der Waals surface area contributed by atoms with Gasteiger partial charge in [-0.1, -0.05) is 0 Å². The Morgan fingerprint density at radius 1 is 1.00 bits per heavy atom. The summed E-state index contributed by atoms with van der Waals surface area (Å²) in [7, 11) is 0. The van der Waals surface area contributed by atoms with E-state index in [2.05, 4.69) is 10.6 Å². The Hall–Kier alpha value is -2.37. The molecule has 0 aliphatic heterocycles. The number of amides is 2. The average molecular weight is 302 g/mol. The molecule has 3 rings (SSSR count). The number of carboxylic acid groups (broad SMARTS) is 1. The second-order valence-electron chi connectivity index (χ2n) is 6.02. The molecule has 3 N–H and O–H groups in total.